The van der Waals surface area contributed by atoms with Gasteiger partial charge >= 0.3 is 0 Å². The van der Waals surface area contributed by atoms with Crippen LogP contribution in [-0.2, 0) is 6.42 Å². The highest BCUT2D eigenvalue weighted by Crippen LogP contribution is 2.60. The average Bonchev–Trinajstić information content (AvgIpc) is 3.24. The van der Waals surface area contributed by atoms with E-state index in [9.17, 15) is 0 Å². The summed E-state index contributed by atoms with van der Waals surface area (Å²) in [4.78, 5) is 2.39. The second kappa shape index (κ2) is 24.6. The van der Waals surface area contributed by atoms with Gasteiger partial charge in [0, 0.05) is 11.1 Å². The first-order valence-corrected chi connectivity index (χ1v) is 31.2. The molecule has 0 aromatic heterocycles. The first-order valence-electron chi connectivity index (χ1n) is 26.8. The van der Waals surface area contributed by atoms with Crippen molar-refractivity contribution < 1.29 is 9.47 Å². The fraction of sp³-hybridized carbons (Fsp3) is 0.633. The number of hydrogen-bond donors (Lipinski definition) is 0. The van der Waals surface area contributed by atoms with Crippen molar-refractivity contribution in [2.24, 2.45) is 5.92 Å². The van der Waals surface area contributed by atoms with Crippen LogP contribution >= 0.6 is 0 Å². The van der Waals surface area contributed by atoms with E-state index in [0.717, 1.165) is 57.6 Å². The van der Waals surface area contributed by atoms with Crippen LogP contribution in [0.2, 0.25) is 33.2 Å². The van der Waals surface area contributed by atoms with Gasteiger partial charge in [0.1, 0.15) is 21.8 Å². The van der Waals surface area contributed by atoms with Gasteiger partial charge in [-0.05, 0) is 99.7 Å². The third-order valence-corrected chi connectivity index (χ3v) is 28.3. The maximum atomic E-state index is 7.04. The summed E-state index contributed by atoms with van der Waals surface area (Å²) in [6.07, 6.45) is 22.6. The summed E-state index contributed by atoms with van der Waals surface area (Å²) in [7, 11) is -3.83. The Morgan fingerprint density at radius 1 is 0.446 bits per heavy atom. The van der Waals surface area contributed by atoms with E-state index >= 15 is 0 Å². The first kappa shape index (κ1) is 52.6. The van der Waals surface area contributed by atoms with Crippen molar-refractivity contribution in [2.45, 2.75) is 239 Å². The summed E-state index contributed by atoms with van der Waals surface area (Å²) < 4.78 is 14.1. The Morgan fingerprint density at radius 2 is 0.800 bits per heavy atom. The molecule has 3 aromatic carbocycles. The van der Waals surface area contributed by atoms with Gasteiger partial charge < -0.3 is 9.47 Å². The average molecular weight is 915 g/mol. The monoisotopic (exact) mass is 914 g/mol. The van der Waals surface area contributed by atoms with Crippen LogP contribution in [0.15, 0.2) is 48.5 Å². The largest absolute Gasteiger partial charge is 0.453 e. The Morgan fingerprint density at radius 3 is 1.15 bits per heavy atom. The van der Waals surface area contributed by atoms with Crippen LogP contribution in [0.5, 0.6) is 23.0 Å². The van der Waals surface area contributed by atoms with Gasteiger partial charge in [-0.3, -0.25) is 4.90 Å². The van der Waals surface area contributed by atoms with Gasteiger partial charge in [0.2, 0.25) is 0 Å². The predicted octanol–water partition coefficient (Wildman–Crippen LogP) is 19.9. The molecule has 0 bridgehead atoms. The second-order valence-electron chi connectivity index (χ2n) is 22.0. The molecule has 0 amide bonds. The molecule has 2 aliphatic heterocycles. The van der Waals surface area contributed by atoms with Crippen molar-refractivity contribution >= 4 is 33.2 Å². The van der Waals surface area contributed by atoms with E-state index in [0.29, 0.717) is 39.2 Å². The molecule has 356 valence electrons. The van der Waals surface area contributed by atoms with E-state index in [1.807, 2.05) is 0 Å². The maximum absolute atomic E-state index is 7.04. The first-order chi connectivity index (χ1) is 31.1. The molecule has 3 aromatic rings. The number of fused-ring (bicyclic) bond motifs is 4. The molecule has 0 aliphatic carbocycles. The van der Waals surface area contributed by atoms with Gasteiger partial charge in [0.25, 0.3) is 0 Å². The number of anilines is 3. The van der Waals surface area contributed by atoms with Gasteiger partial charge in [-0.15, -0.1) is 11.1 Å². The fourth-order valence-electron chi connectivity index (χ4n) is 12.1. The Kier molecular flexibility index (Phi) is 19.9. The van der Waals surface area contributed by atoms with E-state index in [2.05, 4.69) is 173 Å². The lowest BCUT2D eigenvalue weighted by atomic mass is 9.88. The van der Waals surface area contributed by atoms with Crippen LogP contribution in [0.1, 0.15) is 216 Å². The molecule has 0 spiro atoms. The summed E-state index contributed by atoms with van der Waals surface area (Å²) in [5.74, 6) is 11.6. The van der Waals surface area contributed by atoms with Crippen molar-refractivity contribution in [1.29, 1.82) is 0 Å². The fourth-order valence-corrected chi connectivity index (χ4v) is 22.6. The second-order valence-corrected chi connectivity index (χ2v) is 33.2. The number of hydrogen-bond acceptors (Lipinski definition) is 3. The van der Waals surface area contributed by atoms with Gasteiger partial charge in [-0.1, -0.05) is 212 Å². The van der Waals surface area contributed by atoms with Gasteiger partial charge in [0.05, 0.1) is 11.4 Å². The molecular weight excluding hydrogens is 823 g/mol. The zero-order valence-electron chi connectivity index (χ0n) is 43.9. The molecule has 1 unspecified atom stereocenters. The number of nitrogens with zero attached hydrogens (tertiary/aromatic N) is 1. The Labute approximate surface area is 402 Å². The van der Waals surface area contributed by atoms with Crippen LogP contribution in [0.4, 0.5) is 17.1 Å². The number of unbranched alkanes of at least 4 members (excludes halogenated alkanes) is 12. The molecule has 2 heterocycles. The van der Waals surface area contributed by atoms with E-state index < -0.39 is 16.1 Å². The molecule has 0 fully saturated rings. The molecule has 0 saturated heterocycles. The quantitative estimate of drug-likeness (QED) is 0.0350. The van der Waals surface area contributed by atoms with Crippen molar-refractivity contribution in [3.8, 4) is 45.9 Å². The van der Waals surface area contributed by atoms with E-state index in [1.54, 1.807) is 0 Å². The lowest BCUT2D eigenvalue weighted by Crippen LogP contribution is -2.43. The topological polar surface area (TPSA) is 21.7 Å². The molecule has 2 aliphatic rings. The van der Waals surface area contributed by atoms with Gasteiger partial charge in [-0.25, -0.2) is 0 Å². The lowest BCUT2D eigenvalue weighted by molar-refractivity contribution is 0.397. The summed E-state index contributed by atoms with van der Waals surface area (Å²) >= 11 is 0. The van der Waals surface area contributed by atoms with Crippen molar-refractivity contribution in [2.75, 3.05) is 4.90 Å². The van der Waals surface area contributed by atoms with E-state index in [-0.39, 0.29) is 0 Å². The van der Waals surface area contributed by atoms with Gasteiger partial charge in [-0.2, -0.15) is 0 Å². The highest BCUT2D eigenvalue weighted by molar-refractivity contribution is 6.91. The van der Waals surface area contributed by atoms with E-state index in [1.165, 1.54) is 108 Å². The minimum absolute atomic E-state index is 0.576. The summed E-state index contributed by atoms with van der Waals surface area (Å²) in [5, 5.41) is 0. The van der Waals surface area contributed by atoms with Crippen LogP contribution in [0.25, 0.3) is 0 Å². The Bertz CT molecular complexity index is 1940. The normalized spacial score (nSPS) is 13.6. The SMILES string of the molecule is CCCCCCCCCCC(CCCCCCCC)Cc1cc2c3c(c1)Oc1cc(C#C[Si](C(C)C)(C(C)C)C(C)C)ccc1N3c1ccc(C#C[Si](C(C)C)(C(C)C)C(C)C)cc1O2. The van der Waals surface area contributed by atoms with Crippen LogP contribution in [0.3, 0.4) is 0 Å². The highest BCUT2D eigenvalue weighted by atomic mass is 28.3. The Hall–Kier alpha value is -3.39. The summed E-state index contributed by atoms with van der Waals surface area (Å²) in [6, 6.07) is 17.9. The Balaban J connectivity index is 1.55. The molecule has 5 heteroatoms. The number of ether oxygens (including phenoxy) is 2. The molecule has 0 radical (unpaired) electrons. The highest BCUT2D eigenvalue weighted by Gasteiger charge is 2.43. The minimum atomic E-state index is -1.91. The summed E-state index contributed by atoms with van der Waals surface area (Å²) in [6.45, 7) is 33.3. The standard InChI is InChI=1S/C60H91NO2Si2/c1-15-17-19-21-23-24-26-28-30-50(29-27-25-22-20-18-16-2)39-53-42-58-60-59(43-53)63-57-41-52(36-38-65(47(9)10,48(11)12)49(13)14)32-34-55(57)61(60)54-33-31-51(40-56(54)62-58)35-37-64(44(3)4,45(5)6)46(7)8/h31-34,40-50H,15-30,39H2,1-14H3. The predicted molar refractivity (Wildman–Crippen MR) is 290 cm³/mol. The molecule has 1 atom stereocenters. The van der Waals surface area contributed by atoms with Crippen molar-refractivity contribution in [3.05, 3.63) is 65.2 Å². The van der Waals surface area contributed by atoms with Crippen LogP contribution in [-0.4, -0.2) is 16.1 Å². The van der Waals surface area contributed by atoms with Crippen LogP contribution in [0, 0.1) is 28.8 Å². The van der Waals surface area contributed by atoms with Crippen molar-refractivity contribution in [3.63, 3.8) is 0 Å². The lowest BCUT2D eigenvalue weighted by Gasteiger charge is -2.38. The van der Waals surface area contributed by atoms with Crippen molar-refractivity contribution in [1.82, 2.24) is 0 Å². The molecule has 65 heavy (non-hydrogen) atoms. The molecular formula is C60H91NO2Si2. The van der Waals surface area contributed by atoms with Gasteiger partial charge in [0.15, 0.2) is 23.0 Å². The third kappa shape index (κ3) is 12.6. The molecule has 0 N–H and O–H groups in total. The molecule has 5 rings (SSSR count). The smallest absolute Gasteiger partial charge is 0.155 e. The van der Waals surface area contributed by atoms with Crippen LogP contribution < -0.4 is 14.4 Å². The summed E-state index contributed by atoms with van der Waals surface area (Å²) in [5.41, 5.74) is 17.8. The minimum Gasteiger partial charge on any atom is -0.453 e. The molecule has 0 saturated carbocycles. The third-order valence-electron chi connectivity index (χ3n) is 15.7. The zero-order valence-corrected chi connectivity index (χ0v) is 45.9. The van der Waals surface area contributed by atoms with E-state index in [4.69, 9.17) is 9.47 Å². The maximum Gasteiger partial charge on any atom is 0.155 e. The zero-order chi connectivity index (χ0) is 47.3. The number of rotatable bonds is 24. The molecule has 3 nitrogen and oxygen atoms in total. The number of benzene rings is 3.